The average Bonchev–Trinajstić information content (AvgIpc) is 3.64. The van der Waals surface area contributed by atoms with Crippen molar-refractivity contribution < 1.29 is 0 Å². The van der Waals surface area contributed by atoms with E-state index in [0.717, 1.165) is 22.7 Å². The Balaban J connectivity index is 0.981. The van der Waals surface area contributed by atoms with E-state index in [0.29, 0.717) is 0 Å². The smallest absolute Gasteiger partial charge is 0.0541 e. The zero-order valence-electron chi connectivity index (χ0n) is 32.8. The number of hydrogen-bond donors (Lipinski definition) is 0. The maximum Gasteiger partial charge on any atom is 0.0541 e. The minimum atomic E-state index is 1.11. The molecule has 10 aromatic carbocycles. The summed E-state index contributed by atoms with van der Waals surface area (Å²) in [5.74, 6) is 0. The minimum absolute atomic E-state index is 1.11. The topological polar surface area (TPSA) is 8.17 Å². The second kappa shape index (κ2) is 14.4. The number of benzene rings is 10. The second-order valence-corrected chi connectivity index (χ2v) is 15.5. The van der Waals surface area contributed by atoms with Gasteiger partial charge in [-0.3, -0.25) is 0 Å². The number of fused-ring (bicyclic) bond motifs is 5. The van der Waals surface area contributed by atoms with Crippen LogP contribution in [-0.4, -0.2) is 4.57 Å². The summed E-state index contributed by atoms with van der Waals surface area (Å²) in [5, 5.41) is 7.54. The number of anilines is 3. The molecule has 0 radical (unpaired) electrons. The molecule has 0 atom stereocenters. The van der Waals surface area contributed by atoms with Crippen LogP contribution in [0.2, 0.25) is 0 Å². The molecule has 278 valence electrons. The molecule has 0 fully saturated rings. The Morgan fingerprint density at radius 2 is 0.763 bits per heavy atom. The van der Waals surface area contributed by atoms with Crippen LogP contribution in [0.25, 0.3) is 82.4 Å². The molecule has 0 bridgehead atoms. The summed E-state index contributed by atoms with van der Waals surface area (Å²) < 4.78 is 2.39. The lowest BCUT2D eigenvalue weighted by atomic mass is 9.99. The van der Waals surface area contributed by atoms with Crippen molar-refractivity contribution in [1.82, 2.24) is 4.57 Å². The Morgan fingerprint density at radius 3 is 1.31 bits per heavy atom. The molecular formula is C57H40N2. The third-order valence-corrected chi connectivity index (χ3v) is 11.9. The molecule has 0 aliphatic carbocycles. The SMILES string of the molecule is Cc1cc(-c2cccc(-n3c4ccccc4c4ccccc43)c2)ccc1N(c1ccc(-c2ccc3ccccc3c2)cc1)c1ccc(-c2ccc3ccccc3c2)cc1. The fourth-order valence-electron chi connectivity index (χ4n) is 8.88. The van der Waals surface area contributed by atoms with E-state index in [2.05, 4.69) is 241 Å². The van der Waals surface area contributed by atoms with Gasteiger partial charge >= 0.3 is 0 Å². The van der Waals surface area contributed by atoms with Crippen molar-refractivity contribution in [3.8, 4) is 39.1 Å². The quantitative estimate of drug-likeness (QED) is 0.157. The molecule has 2 heteroatoms. The maximum atomic E-state index is 2.39. The van der Waals surface area contributed by atoms with E-state index in [9.17, 15) is 0 Å². The first kappa shape index (κ1) is 34.6. The van der Waals surface area contributed by atoms with Crippen LogP contribution < -0.4 is 4.90 Å². The predicted molar refractivity (Wildman–Crippen MR) is 252 cm³/mol. The first-order valence-electron chi connectivity index (χ1n) is 20.3. The zero-order chi connectivity index (χ0) is 39.3. The Hall–Kier alpha value is -7.68. The zero-order valence-corrected chi connectivity index (χ0v) is 32.8. The number of aromatic nitrogens is 1. The highest BCUT2D eigenvalue weighted by Crippen LogP contribution is 2.41. The summed E-state index contributed by atoms with van der Waals surface area (Å²) in [4.78, 5) is 2.39. The van der Waals surface area contributed by atoms with Gasteiger partial charge in [-0.15, -0.1) is 0 Å². The van der Waals surface area contributed by atoms with Gasteiger partial charge in [-0.25, -0.2) is 0 Å². The van der Waals surface area contributed by atoms with Crippen LogP contribution in [0.3, 0.4) is 0 Å². The minimum Gasteiger partial charge on any atom is -0.310 e. The van der Waals surface area contributed by atoms with E-state index in [1.807, 2.05) is 0 Å². The summed E-state index contributed by atoms with van der Waals surface area (Å²) in [7, 11) is 0. The average molecular weight is 753 g/mol. The molecule has 0 saturated carbocycles. The van der Waals surface area contributed by atoms with Crippen molar-refractivity contribution >= 4 is 60.4 Å². The van der Waals surface area contributed by atoms with E-state index >= 15 is 0 Å². The van der Waals surface area contributed by atoms with Gasteiger partial charge in [0.15, 0.2) is 0 Å². The molecule has 59 heavy (non-hydrogen) atoms. The number of para-hydroxylation sites is 2. The molecular weight excluding hydrogens is 713 g/mol. The van der Waals surface area contributed by atoms with Gasteiger partial charge in [-0.1, -0.05) is 152 Å². The van der Waals surface area contributed by atoms with Crippen molar-refractivity contribution in [3.63, 3.8) is 0 Å². The second-order valence-electron chi connectivity index (χ2n) is 15.5. The van der Waals surface area contributed by atoms with Gasteiger partial charge in [0.2, 0.25) is 0 Å². The van der Waals surface area contributed by atoms with Crippen LogP contribution in [0.5, 0.6) is 0 Å². The highest BCUT2D eigenvalue weighted by molar-refractivity contribution is 6.09. The van der Waals surface area contributed by atoms with Crippen LogP contribution in [0.1, 0.15) is 5.56 Å². The van der Waals surface area contributed by atoms with Crippen LogP contribution >= 0.6 is 0 Å². The summed E-state index contributed by atoms with van der Waals surface area (Å²) in [5.41, 5.74) is 15.3. The van der Waals surface area contributed by atoms with Crippen LogP contribution in [-0.2, 0) is 0 Å². The van der Waals surface area contributed by atoms with Crippen LogP contribution in [0.4, 0.5) is 17.1 Å². The van der Waals surface area contributed by atoms with Gasteiger partial charge < -0.3 is 9.47 Å². The predicted octanol–water partition coefficient (Wildman–Crippen LogP) is 15.9. The van der Waals surface area contributed by atoms with Crippen molar-refractivity contribution in [3.05, 3.63) is 230 Å². The van der Waals surface area contributed by atoms with Gasteiger partial charge in [-0.05, 0) is 140 Å². The molecule has 0 unspecified atom stereocenters. The fourth-order valence-corrected chi connectivity index (χ4v) is 8.88. The number of aryl methyl sites for hydroxylation is 1. The lowest BCUT2D eigenvalue weighted by Crippen LogP contribution is -2.11. The molecule has 0 saturated heterocycles. The Kier molecular flexibility index (Phi) is 8.41. The summed E-state index contributed by atoms with van der Waals surface area (Å²) in [6.45, 7) is 2.23. The fraction of sp³-hybridized carbons (Fsp3) is 0.0175. The van der Waals surface area contributed by atoms with Gasteiger partial charge in [-0.2, -0.15) is 0 Å². The van der Waals surface area contributed by atoms with Crippen molar-refractivity contribution in [2.24, 2.45) is 0 Å². The summed E-state index contributed by atoms with van der Waals surface area (Å²) >= 11 is 0. The van der Waals surface area contributed by atoms with E-state index in [1.54, 1.807) is 0 Å². The molecule has 1 heterocycles. The normalized spacial score (nSPS) is 11.5. The van der Waals surface area contributed by atoms with Crippen LogP contribution in [0.15, 0.2) is 224 Å². The van der Waals surface area contributed by atoms with Gasteiger partial charge in [0.05, 0.1) is 11.0 Å². The Labute approximate surface area is 344 Å². The van der Waals surface area contributed by atoms with Crippen molar-refractivity contribution in [1.29, 1.82) is 0 Å². The molecule has 2 nitrogen and oxygen atoms in total. The van der Waals surface area contributed by atoms with Crippen molar-refractivity contribution in [2.45, 2.75) is 6.92 Å². The van der Waals surface area contributed by atoms with E-state index in [4.69, 9.17) is 0 Å². The first-order chi connectivity index (χ1) is 29.1. The molecule has 1 aromatic heterocycles. The molecule has 0 aliphatic heterocycles. The van der Waals surface area contributed by atoms with Gasteiger partial charge in [0.1, 0.15) is 0 Å². The molecule has 0 N–H and O–H groups in total. The van der Waals surface area contributed by atoms with E-state index in [1.165, 1.54) is 82.3 Å². The van der Waals surface area contributed by atoms with Crippen LogP contribution in [0, 0.1) is 6.92 Å². The summed E-state index contributed by atoms with van der Waals surface area (Å²) in [6, 6.07) is 81.8. The lowest BCUT2D eigenvalue weighted by molar-refractivity contribution is 1.18. The monoisotopic (exact) mass is 752 g/mol. The first-order valence-corrected chi connectivity index (χ1v) is 20.3. The Morgan fingerprint density at radius 1 is 0.322 bits per heavy atom. The molecule has 11 rings (SSSR count). The Bertz CT molecular complexity index is 3160. The molecule has 0 spiro atoms. The van der Waals surface area contributed by atoms with E-state index < -0.39 is 0 Å². The summed E-state index contributed by atoms with van der Waals surface area (Å²) in [6.07, 6.45) is 0. The number of nitrogens with zero attached hydrogens (tertiary/aromatic N) is 2. The highest BCUT2D eigenvalue weighted by Gasteiger charge is 2.17. The largest absolute Gasteiger partial charge is 0.310 e. The van der Waals surface area contributed by atoms with Gasteiger partial charge in [0, 0.05) is 33.5 Å². The standard InChI is InChI=1S/C57H40N2/c1-39-35-47(46-15-10-16-52(38-46)59-56-19-8-6-17-53(56)54-18-7-9-20-57(54)59)29-34-55(39)58(50-30-25-42(26-31-50)48-23-21-40-11-2-4-13-44(40)36-48)51-32-27-43(28-33-51)49-24-22-41-12-3-5-14-45(41)37-49/h2-38H,1H3. The van der Waals surface area contributed by atoms with Crippen molar-refractivity contribution in [2.75, 3.05) is 4.90 Å². The lowest BCUT2D eigenvalue weighted by Gasteiger charge is -2.28. The molecule has 0 amide bonds. The number of hydrogen-bond acceptors (Lipinski definition) is 1. The number of rotatable bonds is 7. The molecule has 11 aromatic rings. The third-order valence-electron chi connectivity index (χ3n) is 11.9. The third kappa shape index (κ3) is 6.23. The van der Waals surface area contributed by atoms with E-state index in [-0.39, 0.29) is 0 Å². The molecule has 0 aliphatic rings. The highest BCUT2D eigenvalue weighted by atomic mass is 15.1. The maximum absolute atomic E-state index is 2.39. The van der Waals surface area contributed by atoms with Gasteiger partial charge in [0.25, 0.3) is 0 Å².